The Morgan fingerprint density at radius 3 is 2.68 bits per heavy atom. The third kappa shape index (κ3) is 2.50. The molecule has 2 heterocycles. The first-order chi connectivity index (χ1) is 9.92. The van der Waals surface area contributed by atoms with Gasteiger partial charge in [0.25, 0.3) is 5.72 Å². The second-order valence-electron chi connectivity index (χ2n) is 5.00. The maximum absolute atomic E-state index is 11.3. The molecule has 8 heteroatoms. The highest BCUT2D eigenvalue weighted by Gasteiger charge is 2.55. The Morgan fingerprint density at radius 2 is 2.09 bits per heavy atom. The molecular weight excluding hydrogens is 328 g/mol. The van der Waals surface area contributed by atoms with E-state index >= 15 is 0 Å². The third-order valence-electron chi connectivity index (χ3n) is 3.64. The zero-order chi connectivity index (χ0) is 15.2. The number of fused-ring (bicyclic) bond motifs is 1. The van der Waals surface area contributed by atoms with E-state index in [0.29, 0.717) is 10.6 Å². The van der Waals surface area contributed by atoms with Crippen molar-refractivity contribution in [1.29, 1.82) is 0 Å². The standard InChI is InChI=1S/C14H13ClN2O3S.H2O/c1-16-6-7-17-13(16)21-11(8-12(18)19)14(17,20)9-2-4-10(15)5-3-9;/h2-7,11,20H,8H2,1H3;1H2. The van der Waals surface area contributed by atoms with Crippen molar-refractivity contribution >= 4 is 29.3 Å². The Bertz CT molecular complexity index is 703. The first-order valence-corrected chi connectivity index (χ1v) is 7.63. The number of aliphatic hydroxyl groups is 1. The van der Waals surface area contributed by atoms with Gasteiger partial charge in [0.15, 0.2) is 0 Å². The van der Waals surface area contributed by atoms with Crippen LogP contribution in [0.25, 0.3) is 0 Å². The molecule has 0 aliphatic carbocycles. The predicted octanol–water partition coefficient (Wildman–Crippen LogP) is 1.43. The summed E-state index contributed by atoms with van der Waals surface area (Å²) in [7, 11) is 1.87. The lowest BCUT2D eigenvalue weighted by molar-refractivity contribution is -0.709. The van der Waals surface area contributed by atoms with Crippen molar-refractivity contribution in [3.63, 3.8) is 0 Å². The minimum absolute atomic E-state index is 0. The average Bonchev–Trinajstić information content (AvgIpc) is 2.91. The number of carboxylic acid groups (broad SMARTS) is 1. The second-order valence-corrected chi connectivity index (χ2v) is 6.61. The molecule has 1 aliphatic heterocycles. The van der Waals surface area contributed by atoms with Crippen LogP contribution in [0, 0.1) is 0 Å². The largest absolute Gasteiger partial charge is 0.870 e. The van der Waals surface area contributed by atoms with Gasteiger partial charge >= 0.3 is 11.1 Å². The van der Waals surface area contributed by atoms with E-state index in [1.807, 2.05) is 17.8 Å². The number of hydrogen-bond donors (Lipinski definition) is 2. The highest BCUT2D eigenvalue weighted by Crippen LogP contribution is 2.46. The van der Waals surface area contributed by atoms with Crippen molar-refractivity contribution in [1.82, 2.24) is 4.57 Å². The minimum atomic E-state index is -1.40. The Hall–Kier alpha value is -1.54. The van der Waals surface area contributed by atoms with E-state index in [-0.39, 0.29) is 11.9 Å². The monoisotopic (exact) mass is 342 g/mol. The summed E-state index contributed by atoms with van der Waals surface area (Å²) in [5, 5.41) is 21.3. The lowest BCUT2D eigenvalue weighted by Crippen LogP contribution is -2.41. The van der Waals surface area contributed by atoms with Crippen molar-refractivity contribution in [3.05, 3.63) is 47.2 Å². The Balaban J connectivity index is 0.00000176. The summed E-state index contributed by atoms with van der Waals surface area (Å²) in [4.78, 5) is 11.1. The maximum atomic E-state index is 11.3. The fourth-order valence-corrected chi connectivity index (χ4v) is 4.15. The molecule has 3 rings (SSSR count). The normalized spacial score (nSPS) is 23.0. The van der Waals surface area contributed by atoms with Gasteiger partial charge in [0.2, 0.25) is 0 Å². The number of rotatable bonds is 3. The van der Waals surface area contributed by atoms with Crippen LogP contribution >= 0.6 is 23.4 Å². The molecule has 2 aromatic rings. The molecule has 0 radical (unpaired) electrons. The summed E-state index contributed by atoms with van der Waals surface area (Å²) >= 11 is 7.26. The molecule has 0 amide bonds. The lowest BCUT2D eigenvalue weighted by atomic mass is 9.97. The molecule has 0 saturated carbocycles. The maximum Gasteiger partial charge on any atom is 0.321 e. The predicted molar refractivity (Wildman–Crippen MR) is 80.2 cm³/mol. The van der Waals surface area contributed by atoms with E-state index in [1.165, 1.54) is 11.8 Å². The zero-order valence-electron chi connectivity index (χ0n) is 11.7. The molecule has 0 fully saturated rings. The number of nitrogens with zero attached hydrogens (tertiary/aromatic N) is 2. The summed E-state index contributed by atoms with van der Waals surface area (Å²) in [5.74, 6) is -0.937. The van der Waals surface area contributed by atoms with Crippen LogP contribution in [0.1, 0.15) is 12.0 Å². The van der Waals surface area contributed by atoms with Gasteiger partial charge in [-0.05, 0) is 23.9 Å². The summed E-state index contributed by atoms with van der Waals surface area (Å²) in [6, 6.07) is 6.84. The smallest absolute Gasteiger partial charge is 0.321 e. The van der Waals surface area contributed by atoms with E-state index in [4.69, 9.17) is 16.7 Å². The van der Waals surface area contributed by atoms with E-state index in [9.17, 15) is 9.90 Å². The lowest BCUT2D eigenvalue weighted by Gasteiger charge is -2.26. The van der Waals surface area contributed by atoms with Gasteiger partial charge in [0, 0.05) is 10.6 Å². The van der Waals surface area contributed by atoms with Crippen LogP contribution < -0.4 is 4.57 Å². The molecule has 6 nitrogen and oxygen atoms in total. The molecular formula is C14H15ClN2O4S. The molecule has 0 saturated heterocycles. The number of carboxylic acids is 1. The molecule has 0 bridgehead atoms. The summed E-state index contributed by atoms with van der Waals surface area (Å²) in [5.41, 5.74) is -0.773. The molecule has 1 aromatic carbocycles. The number of thioether (sulfide) groups is 1. The van der Waals surface area contributed by atoms with Crippen molar-refractivity contribution < 1.29 is 25.1 Å². The Labute approximate surface area is 136 Å². The van der Waals surface area contributed by atoms with Gasteiger partial charge in [0.05, 0.1) is 13.5 Å². The fourth-order valence-electron chi connectivity index (χ4n) is 2.59. The van der Waals surface area contributed by atoms with Gasteiger partial charge in [-0.3, -0.25) is 4.79 Å². The summed E-state index contributed by atoms with van der Waals surface area (Å²) < 4.78 is 3.59. The number of hydrogen-bond acceptors (Lipinski definition) is 4. The van der Waals surface area contributed by atoms with E-state index in [0.717, 1.165) is 5.16 Å². The van der Waals surface area contributed by atoms with Gasteiger partial charge in [-0.15, -0.1) is 0 Å². The van der Waals surface area contributed by atoms with Crippen LogP contribution in [0.15, 0.2) is 41.8 Å². The van der Waals surface area contributed by atoms with Crippen LogP contribution in [-0.2, 0) is 17.6 Å². The third-order valence-corrected chi connectivity index (χ3v) is 5.37. The van der Waals surface area contributed by atoms with Crippen LogP contribution in [0.5, 0.6) is 0 Å². The van der Waals surface area contributed by atoms with Crippen molar-refractivity contribution in [2.24, 2.45) is 7.05 Å². The number of halogens is 1. The fraction of sp³-hybridized carbons (Fsp3) is 0.286. The van der Waals surface area contributed by atoms with E-state index in [1.54, 1.807) is 35.0 Å². The van der Waals surface area contributed by atoms with Crippen molar-refractivity contribution in [2.75, 3.05) is 0 Å². The van der Waals surface area contributed by atoms with Gasteiger partial charge < -0.3 is 15.7 Å². The molecule has 0 spiro atoms. The molecule has 22 heavy (non-hydrogen) atoms. The highest BCUT2D eigenvalue weighted by molar-refractivity contribution is 8.00. The Morgan fingerprint density at radius 1 is 1.45 bits per heavy atom. The zero-order valence-corrected chi connectivity index (χ0v) is 13.3. The van der Waals surface area contributed by atoms with Gasteiger partial charge in [0.1, 0.15) is 17.6 Å². The second kappa shape index (κ2) is 5.92. The van der Waals surface area contributed by atoms with Gasteiger partial charge in [-0.25, -0.2) is 4.57 Å². The molecule has 2 unspecified atom stereocenters. The number of aliphatic carboxylic acids is 1. The number of aromatic nitrogens is 2. The molecule has 1 aliphatic rings. The quantitative estimate of drug-likeness (QED) is 0.822. The number of benzene rings is 1. The SMILES string of the molecule is C[n+]1ccn2c1SC(CC(=O)O)C2(O)c1ccc(Cl)cc1.[OH-]. The van der Waals surface area contributed by atoms with Gasteiger partial charge in [-0.2, -0.15) is 4.57 Å². The first-order valence-electron chi connectivity index (χ1n) is 6.37. The topological polar surface area (TPSA) is 96.3 Å². The first kappa shape index (κ1) is 16.8. The van der Waals surface area contributed by atoms with E-state index in [2.05, 4.69) is 0 Å². The van der Waals surface area contributed by atoms with Crippen molar-refractivity contribution in [2.45, 2.75) is 22.6 Å². The molecule has 2 atom stereocenters. The number of imidazole rings is 1. The van der Waals surface area contributed by atoms with Crippen LogP contribution in [-0.4, -0.2) is 31.5 Å². The number of carbonyl (C=O) groups is 1. The summed E-state index contributed by atoms with van der Waals surface area (Å²) in [6.45, 7) is 0. The average molecular weight is 343 g/mol. The van der Waals surface area contributed by atoms with Crippen LogP contribution in [0.3, 0.4) is 0 Å². The Kier molecular flexibility index (Phi) is 4.53. The molecule has 3 N–H and O–H groups in total. The van der Waals surface area contributed by atoms with E-state index < -0.39 is 16.9 Å². The minimum Gasteiger partial charge on any atom is -0.870 e. The van der Waals surface area contributed by atoms with Gasteiger partial charge in [-0.1, -0.05) is 23.7 Å². The highest BCUT2D eigenvalue weighted by atomic mass is 35.5. The summed E-state index contributed by atoms with van der Waals surface area (Å²) in [6.07, 6.45) is 3.46. The number of aryl methyl sites for hydroxylation is 1. The van der Waals surface area contributed by atoms with Crippen LogP contribution in [0.2, 0.25) is 5.02 Å². The molecule has 1 aromatic heterocycles. The van der Waals surface area contributed by atoms with Crippen LogP contribution in [0.4, 0.5) is 0 Å². The molecule has 118 valence electrons. The van der Waals surface area contributed by atoms with Crippen molar-refractivity contribution in [3.8, 4) is 0 Å².